The Morgan fingerprint density at radius 1 is 1.24 bits per heavy atom. The minimum absolute atomic E-state index is 0.0460. The lowest BCUT2D eigenvalue weighted by Gasteiger charge is -2.30. The number of allylic oxidation sites excluding steroid dienone is 1. The molecule has 0 heterocycles. The van der Waals surface area contributed by atoms with Crippen LogP contribution < -0.4 is 16.2 Å². The molecule has 10 heteroatoms. The summed E-state index contributed by atoms with van der Waals surface area (Å²) in [5.41, 5.74) is 3.36. The third kappa shape index (κ3) is 9.64. The molecule has 0 bridgehead atoms. The van der Waals surface area contributed by atoms with E-state index in [1.807, 2.05) is 19.2 Å². The number of nitrogens with zero attached hydrogens (tertiary/aromatic N) is 1. The van der Waals surface area contributed by atoms with Gasteiger partial charge in [0.1, 0.15) is 6.04 Å². The molecule has 2 unspecified atom stereocenters. The van der Waals surface area contributed by atoms with Gasteiger partial charge in [-0.1, -0.05) is 18.8 Å². The molecule has 0 radical (unpaired) electrons. The second kappa shape index (κ2) is 14.5. The number of benzene rings is 1. The van der Waals surface area contributed by atoms with E-state index < -0.39 is 29.9 Å². The number of hydrogen-bond donors (Lipinski definition) is 5. The number of halogens is 2. The van der Waals surface area contributed by atoms with E-state index in [-0.39, 0.29) is 5.56 Å². The van der Waals surface area contributed by atoms with Crippen molar-refractivity contribution in [3.8, 4) is 11.8 Å². The summed E-state index contributed by atoms with van der Waals surface area (Å²) in [6, 6.07) is 3.76. The van der Waals surface area contributed by atoms with Crippen LogP contribution in [0.3, 0.4) is 0 Å². The second-order valence-electron chi connectivity index (χ2n) is 6.89. The lowest BCUT2D eigenvalue weighted by molar-refractivity contribution is -0.149. The van der Waals surface area contributed by atoms with E-state index in [9.17, 15) is 23.5 Å². The Labute approximate surface area is 192 Å². The first kappa shape index (κ1) is 29.5. The third-order valence-electron chi connectivity index (χ3n) is 4.27. The second-order valence-corrected chi connectivity index (χ2v) is 6.89. The molecule has 0 aliphatic carbocycles. The van der Waals surface area contributed by atoms with Gasteiger partial charge in [-0.05, 0) is 51.5 Å². The summed E-state index contributed by atoms with van der Waals surface area (Å²) in [7, 11) is 0. The number of hydrogen-bond acceptors (Lipinski definition) is 6. The number of rotatable bonds is 8. The van der Waals surface area contributed by atoms with Gasteiger partial charge in [0, 0.05) is 28.6 Å². The van der Waals surface area contributed by atoms with Gasteiger partial charge in [0.2, 0.25) is 0 Å². The molecule has 8 nitrogen and oxygen atoms in total. The van der Waals surface area contributed by atoms with Crippen LogP contribution in [0, 0.1) is 11.8 Å². The predicted molar refractivity (Wildman–Crippen MR) is 123 cm³/mol. The van der Waals surface area contributed by atoms with Gasteiger partial charge in [0.15, 0.2) is 5.60 Å². The SMILES string of the molecule is C=C.CC/C(C)=N/N/C=C(\C)C#Cc1ccc(C(=O)NC(C(=O)NO)C(C)(O)C(F)F)cc1. The van der Waals surface area contributed by atoms with E-state index in [1.165, 1.54) is 24.3 Å². The van der Waals surface area contributed by atoms with E-state index in [0.29, 0.717) is 12.5 Å². The van der Waals surface area contributed by atoms with Gasteiger partial charge in [0.05, 0.1) is 0 Å². The van der Waals surface area contributed by atoms with Crippen LogP contribution in [0.5, 0.6) is 0 Å². The van der Waals surface area contributed by atoms with Crippen molar-refractivity contribution in [2.24, 2.45) is 5.10 Å². The van der Waals surface area contributed by atoms with Crippen LogP contribution in [0.1, 0.15) is 50.0 Å². The van der Waals surface area contributed by atoms with Crippen LogP contribution in [0.4, 0.5) is 8.78 Å². The molecule has 180 valence electrons. The Kier molecular flexibility index (Phi) is 12.9. The van der Waals surface area contributed by atoms with Crippen molar-refractivity contribution in [3.63, 3.8) is 0 Å². The van der Waals surface area contributed by atoms with Crippen molar-refractivity contribution in [1.82, 2.24) is 16.2 Å². The first-order valence-corrected chi connectivity index (χ1v) is 9.85. The fraction of sp³-hybridized carbons (Fsp3) is 0.348. The first-order valence-electron chi connectivity index (χ1n) is 9.85. The van der Waals surface area contributed by atoms with Crippen LogP contribution >= 0.6 is 0 Å². The van der Waals surface area contributed by atoms with Crippen molar-refractivity contribution in [2.45, 2.75) is 52.2 Å². The van der Waals surface area contributed by atoms with Crippen molar-refractivity contribution in [3.05, 3.63) is 60.3 Å². The van der Waals surface area contributed by atoms with Gasteiger partial charge >= 0.3 is 0 Å². The zero-order chi connectivity index (χ0) is 25.6. The first-order chi connectivity index (χ1) is 15.5. The van der Waals surface area contributed by atoms with Crippen molar-refractivity contribution in [1.29, 1.82) is 0 Å². The summed E-state index contributed by atoms with van der Waals surface area (Å²) in [6.45, 7) is 12.4. The van der Waals surface area contributed by atoms with E-state index in [1.54, 1.807) is 13.1 Å². The van der Waals surface area contributed by atoms with Crippen molar-refractivity contribution in [2.75, 3.05) is 0 Å². The molecule has 0 aliphatic rings. The molecular weight excluding hydrogens is 434 g/mol. The Hall–Kier alpha value is -3.55. The molecule has 0 aromatic heterocycles. The number of hydroxylamine groups is 1. The van der Waals surface area contributed by atoms with Gasteiger partial charge in [-0.25, -0.2) is 14.3 Å². The molecule has 0 spiro atoms. The predicted octanol–water partition coefficient (Wildman–Crippen LogP) is 2.74. The highest BCUT2D eigenvalue weighted by atomic mass is 19.3. The minimum atomic E-state index is -3.35. The zero-order valence-corrected chi connectivity index (χ0v) is 19.1. The van der Waals surface area contributed by atoms with E-state index in [4.69, 9.17) is 5.21 Å². The number of aliphatic hydroxyl groups is 1. The van der Waals surface area contributed by atoms with E-state index in [0.717, 1.165) is 23.2 Å². The Morgan fingerprint density at radius 2 is 1.82 bits per heavy atom. The molecule has 0 aliphatic heterocycles. The topological polar surface area (TPSA) is 123 Å². The maximum atomic E-state index is 13.1. The Morgan fingerprint density at radius 3 is 2.30 bits per heavy atom. The smallest absolute Gasteiger partial charge is 0.269 e. The number of amides is 2. The molecule has 1 aromatic carbocycles. The molecule has 0 saturated heterocycles. The Bertz CT molecular complexity index is 917. The summed E-state index contributed by atoms with van der Waals surface area (Å²) in [6.07, 6.45) is -0.874. The van der Waals surface area contributed by atoms with Crippen LogP contribution in [-0.4, -0.2) is 45.9 Å². The molecule has 0 fully saturated rings. The summed E-state index contributed by atoms with van der Waals surface area (Å²) in [5.74, 6) is 3.53. The van der Waals surface area contributed by atoms with Crippen LogP contribution in [0.25, 0.3) is 0 Å². The van der Waals surface area contributed by atoms with Gasteiger partial charge < -0.3 is 10.4 Å². The van der Waals surface area contributed by atoms with Crippen LogP contribution in [-0.2, 0) is 4.79 Å². The van der Waals surface area contributed by atoms with Gasteiger partial charge in [-0.2, -0.15) is 5.10 Å². The number of nitrogens with one attached hydrogen (secondary N) is 3. The quantitative estimate of drug-likeness (QED) is 0.133. The molecule has 5 N–H and O–H groups in total. The van der Waals surface area contributed by atoms with E-state index in [2.05, 4.69) is 35.5 Å². The number of hydrazone groups is 1. The van der Waals surface area contributed by atoms with Gasteiger partial charge in [-0.3, -0.25) is 20.2 Å². The molecular formula is C23H30F2N4O4. The Balaban J connectivity index is 0.00000497. The monoisotopic (exact) mass is 464 g/mol. The summed E-state index contributed by atoms with van der Waals surface area (Å²) < 4.78 is 26.1. The molecule has 33 heavy (non-hydrogen) atoms. The fourth-order valence-electron chi connectivity index (χ4n) is 2.11. The minimum Gasteiger partial charge on any atom is -0.381 e. The maximum Gasteiger partial charge on any atom is 0.269 e. The van der Waals surface area contributed by atoms with Crippen molar-refractivity contribution >= 4 is 17.5 Å². The highest BCUT2D eigenvalue weighted by Crippen LogP contribution is 2.20. The average molecular weight is 465 g/mol. The van der Waals surface area contributed by atoms with Crippen LogP contribution in [0.15, 0.2) is 54.3 Å². The largest absolute Gasteiger partial charge is 0.381 e. The molecule has 1 aromatic rings. The summed E-state index contributed by atoms with van der Waals surface area (Å²) in [5, 5.41) is 24.7. The summed E-state index contributed by atoms with van der Waals surface area (Å²) in [4.78, 5) is 24.0. The van der Waals surface area contributed by atoms with E-state index >= 15 is 0 Å². The molecule has 0 saturated carbocycles. The van der Waals surface area contributed by atoms with Crippen molar-refractivity contribution < 1.29 is 28.7 Å². The standard InChI is InChI=1S/C21H26F2N4O4.C2H4/c1-5-14(3)26-24-12-13(2)6-7-15-8-10-16(11-9-15)18(28)25-17(19(29)27-31)21(4,30)20(22)23;1-2/h8-12,17,20,24,30-31H,5H2,1-4H3,(H,25,28)(H,27,29);1-2H2/b13-12+,26-14+;. The third-order valence-corrected chi connectivity index (χ3v) is 4.27. The maximum absolute atomic E-state index is 13.1. The average Bonchev–Trinajstić information content (AvgIpc) is 2.81. The lowest BCUT2D eigenvalue weighted by Crippen LogP contribution is -2.61. The zero-order valence-electron chi connectivity index (χ0n) is 19.1. The fourth-order valence-corrected chi connectivity index (χ4v) is 2.11. The highest BCUT2D eigenvalue weighted by Gasteiger charge is 2.46. The number of carbonyl (C=O) groups is 2. The van der Waals surface area contributed by atoms with Gasteiger partial charge in [0.25, 0.3) is 18.2 Å². The number of alkyl halides is 2. The highest BCUT2D eigenvalue weighted by molar-refractivity contribution is 5.97. The summed E-state index contributed by atoms with van der Waals surface area (Å²) >= 11 is 0. The lowest BCUT2D eigenvalue weighted by atomic mass is 9.95. The van der Waals surface area contributed by atoms with Gasteiger partial charge in [-0.15, -0.1) is 13.2 Å². The normalized spacial score (nSPS) is 14.0. The molecule has 2 amide bonds. The number of carbonyl (C=O) groups excluding carboxylic acids is 2. The van der Waals surface area contributed by atoms with Crippen LogP contribution in [0.2, 0.25) is 0 Å². The molecule has 1 rings (SSSR count). The molecule has 2 atom stereocenters.